The first-order valence-corrected chi connectivity index (χ1v) is 25.2. The summed E-state index contributed by atoms with van der Waals surface area (Å²) >= 11 is 1.54. The zero-order valence-electron chi connectivity index (χ0n) is 42.5. The highest BCUT2D eigenvalue weighted by Crippen LogP contribution is 2.37. The minimum atomic E-state index is -1.48. The lowest BCUT2D eigenvalue weighted by Gasteiger charge is -2.40. The fraction of sp³-hybridized carbons (Fsp3) is 0.415. The molecule has 0 radical (unpaired) electrons. The maximum Gasteiger partial charge on any atom is 0.254 e. The number of rotatable bonds is 23. The van der Waals surface area contributed by atoms with Crippen molar-refractivity contribution < 1.29 is 38.6 Å². The first-order valence-electron chi connectivity index (χ1n) is 24.4. The van der Waals surface area contributed by atoms with Crippen LogP contribution in [0.2, 0.25) is 0 Å². The SMILES string of the molecule is CNC(=O)c1cnc(Nc2ccc(C(=O)NCCCCCCCCC(=O)N[C@H](C(=O)N3C[C@H](O)C[C@@]3(Cc3ccc(-c4scnc4C)cc3)C(N)=O)C(C)(C)C)cn2)cc1Nc1cccc(C(=O)NC)c1OC. The molecule has 0 saturated carbocycles. The predicted molar refractivity (Wildman–Crippen MR) is 281 cm³/mol. The summed E-state index contributed by atoms with van der Waals surface area (Å²) in [6, 6.07) is 16.7. The Balaban J connectivity index is 0.928. The second-order valence-electron chi connectivity index (χ2n) is 19.2. The van der Waals surface area contributed by atoms with Crippen LogP contribution in [0.4, 0.5) is 23.0 Å². The van der Waals surface area contributed by atoms with E-state index < -0.39 is 34.9 Å². The lowest BCUT2D eigenvalue weighted by atomic mass is 9.82. The summed E-state index contributed by atoms with van der Waals surface area (Å²) in [5, 5.41) is 28.3. The van der Waals surface area contributed by atoms with Gasteiger partial charge in [0.15, 0.2) is 5.75 Å². The molecule has 388 valence electrons. The Morgan fingerprint density at radius 3 is 2.15 bits per heavy atom. The van der Waals surface area contributed by atoms with E-state index in [1.807, 2.05) is 52.0 Å². The molecule has 0 unspecified atom stereocenters. The number of unbranched alkanes of at least 4 members (excludes halogenated alkanes) is 5. The van der Waals surface area contributed by atoms with Crippen molar-refractivity contribution in [2.75, 3.05) is 44.9 Å². The van der Waals surface area contributed by atoms with E-state index in [2.05, 4.69) is 46.9 Å². The average Bonchev–Trinajstić information content (AvgIpc) is 3.96. The smallest absolute Gasteiger partial charge is 0.254 e. The van der Waals surface area contributed by atoms with Crippen LogP contribution in [0, 0.1) is 12.3 Å². The van der Waals surface area contributed by atoms with Crippen molar-refractivity contribution in [2.24, 2.45) is 11.1 Å². The van der Waals surface area contributed by atoms with Gasteiger partial charge < -0.3 is 52.4 Å². The molecular weight excluding hydrogens is 951 g/mol. The summed E-state index contributed by atoms with van der Waals surface area (Å²) in [5.74, 6) is -1.36. The minimum absolute atomic E-state index is 0.0105. The number of amides is 6. The third kappa shape index (κ3) is 13.7. The molecule has 1 aliphatic heterocycles. The highest BCUT2D eigenvalue weighted by Gasteiger charge is 2.54. The summed E-state index contributed by atoms with van der Waals surface area (Å²) < 4.78 is 5.55. The standard InChI is InChI=1S/C53H67N11O8S/c1-32-45(73-31-60-32)34-20-18-33(19-21-34)26-53(51(54)71)27-36(65)30-64(53)50(70)46(52(2,3)4)63-43(66)17-12-10-8-9-11-13-24-57-47(67)35-22-23-41(58-28-35)62-42-25-40(38(29-59-42)49(69)56-6)61-39-16-14-15-37(44(39)72-7)48(68)55-5/h14-16,18-23,25,28-29,31,36,46,65H,8-13,17,24,26-27,30H2,1-7H3,(H2,54,71)(H,55,68)(H,56,69)(H,57,67)(H,63,66)(H2,58,59,61,62)/t36-,46-,53+/m1/s1. The third-order valence-electron chi connectivity index (χ3n) is 12.8. The fourth-order valence-corrected chi connectivity index (χ4v) is 9.69. The van der Waals surface area contributed by atoms with E-state index in [1.54, 1.807) is 41.9 Å². The number of nitrogens with one attached hydrogen (secondary N) is 6. The number of β-amino-alcohol motifs (C(OH)–C–C–N with tert-alkyl or cyclic N) is 1. The number of nitrogens with zero attached hydrogens (tertiary/aromatic N) is 4. The van der Waals surface area contributed by atoms with Crippen molar-refractivity contribution in [3.63, 3.8) is 0 Å². The number of carbonyl (C=O) groups is 6. The summed E-state index contributed by atoms with van der Waals surface area (Å²) in [6.45, 7) is 7.90. The Kier molecular flexibility index (Phi) is 18.6. The lowest BCUT2D eigenvalue weighted by Crippen LogP contribution is -2.63. The van der Waals surface area contributed by atoms with E-state index >= 15 is 0 Å². The summed E-state index contributed by atoms with van der Waals surface area (Å²) in [4.78, 5) is 94.7. The summed E-state index contributed by atoms with van der Waals surface area (Å²) in [6.07, 6.45) is 7.09. The van der Waals surface area contributed by atoms with Gasteiger partial charge in [-0.05, 0) is 60.6 Å². The highest BCUT2D eigenvalue weighted by atomic mass is 32.1. The number of primary amides is 1. The normalized spacial score (nSPS) is 15.7. The van der Waals surface area contributed by atoms with Crippen LogP contribution in [0.3, 0.4) is 0 Å². The number of benzene rings is 2. The number of nitrogens with two attached hydrogens (primary N) is 1. The number of carbonyl (C=O) groups excluding carboxylic acids is 6. The molecule has 0 bridgehead atoms. The molecule has 2 aromatic carbocycles. The first-order chi connectivity index (χ1) is 34.9. The Labute approximate surface area is 429 Å². The Hall–Kier alpha value is -7.45. The number of aliphatic hydroxyl groups is 1. The molecule has 20 heteroatoms. The first kappa shape index (κ1) is 54.9. The molecule has 3 atom stereocenters. The average molecular weight is 1020 g/mol. The monoisotopic (exact) mass is 1020 g/mol. The topological polar surface area (TPSA) is 272 Å². The van der Waals surface area contributed by atoms with Crippen LogP contribution in [0.25, 0.3) is 10.4 Å². The number of hydrogen-bond donors (Lipinski definition) is 8. The molecule has 3 aromatic heterocycles. The van der Waals surface area contributed by atoms with Gasteiger partial charge in [-0.25, -0.2) is 15.0 Å². The number of aliphatic hydroxyl groups excluding tert-OH is 1. The van der Waals surface area contributed by atoms with Crippen LogP contribution < -0.4 is 42.4 Å². The van der Waals surface area contributed by atoms with Crippen molar-refractivity contribution in [2.45, 2.75) is 103 Å². The highest BCUT2D eigenvalue weighted by molar-refractivity contribution is 7.13. The van der Waals surface area contributed by atoms with Crippen molar-refractivity contribution >= 4 is 69.8 Å². The van der Waals surface area contributed by atoms with Crippen LogP contribution >= 0.6 is 11.3 Å². The number of aryl methyl sites for hydroxylation is 1. The Morgan fingerprint density at radius 2 is 1.52 bits per heavy atom. The Bertz CT molecular complexity index is 2760. The van der Waals surface area contributed by atoms with Gasteiger partial charge in [0.25, 0.3) is 17.7 Å². The van der Waals surface area contributed by atoms with Gasteiger partial charge in [-0.15, -0.1) is 11.3 Å². The molecule has 1 saturated heterocycles. The van der Waals surface area contributed by atoms with Crippen LogP contribution in [0.1, 0.15) is 114 Å². The van der Waals surface area contributed by atoms with Crippen LogP contribution in [0.5, 0.6) is 5.75 Å². The molecule has 0 spiro atoms. The predicted octanol–water partition coefficient (Wildman–Crippen LogP) is 6.17. The van der Waals surface area contributed by atoms with Crippen molar-refractivity contribution in [1.29, 1.82) is 0 Å². The van der Waals surface area contributed by atoms with Crippen LogP contribution in [-0.2, 0) is 20.8 Å². The molecule has 1 fully saturated rings. The van der Waals surface area contributed by atoms with Gasteiger partial charge in [0, 0.05) is 64.9 Å². The van der Waals surface area contributed by atoms with Crippen LogP contribution in [0.15, 0.2) is 78.6 Å². The van der Waals surface area contributed by atoms with E-state index in [4.69, 9.17) is 10.5 Å². The molecule has 1 aliphatic rings. The molecule has 6 rings (SSSR count). The molecule has 73 heavy (non-hydrogen) atoms. The van der Waals surface area contributed by atoms with E-state index in [9.17, 15) is 33.9 Å². The number of para-hydroxylation sites is 1. The Morgan fingerprint density at radius 1 is 0.836 bits per heavy atom. The minimum Gasteiger partial charge on any atom is -0.494 e. The lowest BCUT2D eigenvalue weighted by molar-refractivity contribution is -0.148. The zero-order chi connectivity index (χ0) is 52.9. The molecule has 4 heterocycles. The van der Waals surface area contributed by atoms with Gasteiger partial charge in [-0.1, -0.05) is 76.8 Å². The number of anilines is 4. The fourth-order valence-electron chi connectivity index (χ4n) is 8.88. The molecule has 9 N–H and O–H groups in total. The van der Waals surface area contributed by atoms with Crippen molar-refractivity contribution in [1.82, 2.24) is 41.1 Å². The van der Waals surface area contributed by atoms with Gasteiger partial charge in [0.2, 0.25) is 17.7 Å². The maximum absolute atomic E-state index is 14.4. The van der Waals surface area contributed by atoms with Crippen molar-refractivity contribution in [3.05, 3.63) is 107 Å². The number of pyridine rings is 2. The quantitative estimate of drug-likeness (QED) is 0.0340. The summed E-state index contributed by atoms with van der Waals surface area (Å²) in [5.41, 5.74) is 10.1. The number of aromatic nitrogens is 3. The van der Waals surface area contributed by atoms with Gasteiger partial charge in [-0.3, -0.25) is 28.8 Å². The number of thiazole rings is 1. The zero-order valence-corrected chi connectivity index (χ0v) is 43.3. The van der Waals surface area contributed by atoms with E-state index in [-0.39, 0.29) is 55.0 Å². The molecular formula is C53H67N11O8S. The second kappa shape index (κ2) is 24.8. The summed E-state index contributed by atoms with van der Waals surface area (Å²) in [7, 11) is 4.48. The molecule has 0 aliphatic carbocycles. The number of ether oxygens (including phenoxy) is 1. The number of hydrogen-bond acceptors (Lipinski definition) is 14. The van der Waals surface area contributed by atoms with Crippen LogP contribution in [-0.4, -0.2) is 112 Å². The maximum atomic E-state index is 14.4. The van der Waals surface area contributed by atoms with E-state index in [0.29, 0.717) is 52.9 Å². The van der Waals surface area contributed by atoms with E-state index in [0.717, 1.165) is 53.8 Å². The van der Waals surface area contributed by atoms with Gasteiger partial charge >= 0.3 is 0 Å². The second-order valence-corrected chi connectivity index (χ2v) is 20.0. The molecule has 6 amide bonds. The van der Waals surface area contributed by atoms with Gasteiger partial charge in [0.1, 0.15) is 23.2 Å². The molecule has 19 nitrogen and oxygen atoms in total. The van der Waals surface area contributed by atoms with Gasteiger partial charge in [0.05, 0.1) is 57.4 Å². The largest absolute Gasteiger partial charge is 0.494 e. The van der Waals surface area contributed by atoms with E-state index in [1.165, 1.54) is 49.8 Å². The third-order valence-corrected chi connectivity index (χ3v) is 13.8. The number of methoxy groups -OCH3 is 1. The number of likely N-dealkylation sites (tertiary alicyclic amines) is 1. The van der Waals surface area contributed by atoms with Gasteiger partial charge in [-0.2, -0.15) is 0 Å². The molecule has 5 aromatic rings. The van der Waals surface area contributed by atoms with Crippen molar-refractivity contribution in [3.8, 4) is 16.2 Å².